The van der Waals surface area contributed by atoms with Crippen LogP contribution in [0.3, 0.4) is 0 Å². The number of nitriles is 1. The van der Waals surface area contributed by atoms with E-state index in [9.17, 15) is 49.1 Å². The Hall–Kier alpha value is -3.36. The van der Waals surface area contributed by atoms with Crippen LogP contribution < -0.4 is 0 Å². The minimum absolute atomic E-state index is 0.0943. The lowest BCUT2D eigenvalue weighted by molar-refractivity contribution is -0.142. The molecule has 3 nitrogen and oxygen atoms in total. The molecule has 0 spiro atoms. The molecule has 2 aromatic carbocycles. The molecule has 0 unspecified atom stereocenters. The van der Waals surface area contributed by atoms with E-state index in [-0.39, 0.29) is 12.1 Å². The molecule has 0 saturated heterocycles. The number of nitrogens with zero attached hydrogens (tertiary/aromatic N) is 1. The van der Waals surface area contributed by atoms with Crippen molar-refractivity contribution in [1.82, 2.24) is 0 Å². The number of hydrogen-bond donors (Lipinski definition) is 0. The van der Waals surface area contributed by atoms with Gasteiger partial charge in [0.2, 0.25) is 0 Å². The lowest BCUT2D eigenvalue weighted by Crippen LogP contribution is -2.32. The topological polar surface area (TPSA) is 57.9 Å². The Morgan fingerprint density at radius 3 is 1.71 bits per heavy atom. The van der Waals surface area contributed by atoms with Crippen LogP contribution in [0.4, 0.5) is 39.5 Å². The molecule has 0 aliphatic heterocycles. The quantitative estimate of drug-likeness (QED) is 0.278. The molecular weight excluding hydrogens is 529 g/mol. The summed E-state index contributed by atoms with van der Waals surface area (Å²) < 4.78 is 124. The molecule has 206 valence electrons. The number of ketones is 2. The molecule has 0 atom stereocenters. The highest BCUT2D eigenvalue weighted by Gasteiger charge is 2.45. The molecule has 0 amide bonds. The molecule has 12 heteroatoms. The van der Waals surface area contributed by atoms with Gasteiger partial charge in [-0.2, -0.15) is 44.8 Å². The van der Waals surface area contributed by atoms with E-state index in [1.807, 2.05) is 0 Å². The van der Waals surface area contributed by atoms with E-state index in [1.165, 1.54) is 26.8 Å². The molecule has 38 heavy (non-hydrogen) atoms. The highest BCUT2D eigenvalue weighted by Crippen LogP contribution is 2.44. The van der Waals surface area contributed by atoms with Gasteiger partial charge >= 0.3 is 18.5 Å². The maximum absolute atomic E-state index is 14.2. The molecule has 2 aromatic rings. The van der Waals surface area contributed by atoms with Crippen LogP contribution in [0, 0.1) is 22.2 Å². The van der Waals surface area contributed by atoms with E-state index in [0.29, 0.717) is 12.1 Å². The molecule has 0 bridgehead atoms. The lowest BCUT2D eigenvalue weighted by atomic mass is 9.75. The molecule has 0 radical (unpaired) electrons. The summed E-state index contributed by atoms with van der Waals surface area (Å²) in [6.07, 6.45) is -16.7. The molecule has 0 aliphatic carbocycles. The Balaban J connectivity index is 2.83. The molecule has 0 aliphatic rings. The largest absolute Gasteiger partial charge is 0.417 e. The molecule has 0 aromatic heterocycles. The van der Waals surface area contributed by atoms with Gasteiger partial charge in [-0.1, -0.05) is 34.6 Å². The second kappa shape index (κ2) is 9.75. The average Bonchev–Trinajstić information content (AvgIpc) is 2.74. The Morgan fingerprint density at radius 2 is 1.29 bits per heavy atom. The van der Waals surface area contributed by atoms with Gasteiger partial charge in [-0.3, -0.25) is 9.59 Å². The standard InChI is InChI=1S/C26H22F9NO2/c1-22(2,3)20(37)17-10-15(24(27,28)29)9-14(19(17)26(33,34)35)11-23(4,5)21(38)16-7-6-13(12-36)8-18(16)25(30,31)32/h6-10H,11H2,1-5H3. The minimum Gasteiger partial charge on any atom is -0.294 e. The predicted molar refractivity (Wildman–Crippen MR) is 118 cm³/mol. The van der Waals surface area contributed by atoms with E-state index in [2.05, 4.69) is 0 Å². The maximum atomic E-state index is 14.2. The summed E-state index contributed by atoms with van der Waals surface area (Å²) in [6, 6.07) is 3.73. The number of hydrogen-bond acceptors (Lipinski definition) is 3. The van der Waals surface area contributed by atoms with E-state index >= 15 is 0 Å². The summed E-state index contributed by atoms with van der Waals surface area (Å²) in [4.78, 5) is 26.0. The second-order valence-corrected chi connectivity index (χ2v) is 10.4. The summed E-state index contributed by atoms with van der Waals surface area (Å²) in [5.74, 6) is -2.56. The summed E-state index contributed by atoms with van der Waals surface area (Å²) in [5, 5.41) is 8.91. The van der Waals surface area contributed by atoms with Crippen molar-refractivity contribution < 1.29 is 49.1 Å². The normalized spacial score (nSPS) is 13.3. The van der Waals surface area contributed by atoms with Crippen molar-refractivity contribution in [1.29, 1.82) is 5.26 Å². The number of Topliss-reactive ketones (excluding diaryl/α,β-unsaturated/α-hetero) is 2. The van der Waals surface area contributed by atoms with Crippen LogP contribution in [0.1, 0.15) is 83.2 Å². The van der Waals surface area contributed by atoms with E-state index in [1.54, 1.807) is 0 Å². The number of carbonyl (C=O) groups is 2. The third-order valence-electron chi connectivity index (χ3n) is 5.70. The van der Waals surface area contributed by atoms with Crippen LogP contribution in [0.2, 0.25) is 0 Å². The van der Waals surface area contributed by atoms with Crippen LogP contribution in [0.25, 0.3) is 0 Å². The van der Waals surface area contributed by atoms with Crippen LogP contribution >= 0.6 is 0 Å². The van der Waals surface area contributed by atoms with Gasteiger partial charge in [0.25, 0.3) is 0 Å². The van der Waals surface area contributed by atoms with Crippen molar-refractivity contribution in [3.63, 3.8) is 0 Å². The molecule has 0 N–H and O–H groups in total. The van der Waals surface area contributed by atoms with Gasteiger partial charge in [-0.15, -0.1) is 0 Å². The fourth-order valence-corrected chi connectivity index (χ4v) is 3.89. The van der Waals surface area contributed by atoms with Crippen LogP contribution in [-0.2, 0) is 24.9 Å². The summed E-state index contributed by atoms with van der Waals surface area (Å²) >= 11 is 0. The van der Waals surface area contributed by atoms with Crippen molar-refractivity contribution in [2.24, 2.45) is 10.8 Å². The first-order valence-corrected chi connectivity index (χ1v) is 10.9. The van der Waals surface area contributed by atoms with E-state index in [4.69, 9.17) is 5.26 Å². The Labute approximate surface area is 212 Å². The Bertz CT molecular complexity index is 1300. The van der Waals surface area contributed by atoms with E-state index in [0.717, 1.165) is 19.9 Å². The molecule has 2 rings (SSSR count). The predicted octanol–water partition coefficient (Wildman–Crippen LogP) is 8.30. The highest BCUT2D eigenvalue weighted by atomic mass is 19.4. The second-order valence-electron chi connectivity index (χ2n) is 10.4. The molecular formula is C26H22F9NO2. The SMILES string of the molecule is CC(C)(C)C(=O)c1cc(C(F)(F)F)cc(CC(C)(C)C(=O)c2ccc(C#N)cc2C(F)(F)F)c1C(F)(F)F. The Morgan fingerprint density at radius 1 is 0.737 bits per heavy atom. The van der Waals surface area contributed by atoms with Gasteiger partial charge in [-0.05, 0) is 42.3 Å². The van der Waals surface area contributed by atoms with Gasteiger partial charge in [0.15, 0.2) is 11.6 Å². The fourth-order valence-electron chi connectivity index (χ4n) is 3.89. The fraction of sp³-hybridized carbons (Fsp3) is 0.423. The molecule has 0 heterocycles. The van der Waals surface area contributed by atoms with Crippen LogP contribution in [0.5, 0.6) is 0 Å². The van der Waals surface area contributed by atoms with Gasteiger partial charge in [0.05, 0.1) is 28.3 Å². The number of alkyl halides is 9. The first-order valence-electron chi connectivity index (χ1n) is 10.9. The highest BCUT2D eigenvalue weighted by molar-refractivity contribution is 6.03. The Kier molecular flexibility index (Phi) is 7.92. The first-order chi connectivity index (χ1) is 16.9. The number of carbonyl (C=O) groups excluding carboxylic acids is 2. The molecule has 0 saturated carbocycles. The number of halogens is 9. The minimum atomic E-state index is -5.33. The van der Waals surface area contributed by atoms with Crippen molar-refractivity contribution >= 4 is 11.6 Å². The zero-order chi connectivity index (χ0) is 29.6. The van der Waals surface area contributed by atoms with Crippen LogP contribution in [0.15, 0.2) is 30.3 Å². The van der Waals surface area contributed by atoms with Crippen molar-refractivity contribution in [3.05, 3.63) is 69.3 Å². The van der Waals surface area contributed by atoms with E-state index < -0.39 is 86.3 Å². The van der Waals surface area contributed by atoms with Crippen molar-refractivity contribution in [3.8, 4) is 6.07 Å². The summed E-state index contributed by atoms with van der Waals surface area (Å²) in [7, 11) is 0. The lowest BCUT2D eigenvalue weighted by Gasteiger charge is -2.29. The third-order valence-corrected chi connectivity index (χ3v) is 5.70. The summed E-state index contributed by atoms with van der Waals surface area (Å²) in [6.45, 7) is 5.62. The van der Waals surface area contributed by atoms with Gasteiger partial charge in [-0.25, -0.2) is 0 Å². The first kappa shape index (κ1) is 30.9. The van der Waals surface area contributed by atoms with Crippen LogP contribution in [-0.4, -0.2) is 11.6 Å². The van der Waals surface area contributed by atoms with Gasteiger partial charge in [0, 0.05) is 22.0 Å². The van der Waals surface area contributed by atoms with Crippen molar-refractivity contribution in [2.75, 3.05) is 0 Å². The smallest absolute Gasteiger partial charge is 0.294 e. The zero-order valence-electron chi connectivity index (χ0n) is 20.8. The zero-order valence-corrected chi connectivity index (χ0v) is 20.8. The number of rotatable bonds is 5. The average molecular weight is 551 g/mol. The summed E-state index contributed by atoms with van der Waals surface area (Å²) in [5.41, 5.74) is -12.1. The van der Waals surface area contributed by atoms with Gasteiger partial charge < -0.3 is 0 Å². The number of benzene rings is 2. The van der Waals surface area contributed by atoms with Gasteiger partial charge in [0.1, 0.15) is 0 Å². The van der Waals surface area contributed by atoms with Crippen molar-refractivity contribution in [2.45, 2.75) is 59.6 Å². The maximum Gasteiger partial charge on any atom is 0.417 e. The monoisotopic (exact) mass is 551 g/mol. The third kappa shape index (κ3) is 6.55. The molecule has 0 fully saturated rings.